The van der Waals surface area contributed by atoms with E-state index in [2.05, 4.69) is 177 Å². The highest BCUT2D eigenvalue weighted by molar-refractivity contribution is 6.12. The highest BCUT2D eigenvalue weighted by atomic mass is 16.5. The molecule has 0 fully saturated rings. The minimum atomic E-state index is -0.155. The van der Waals surface area contributed by atoms with Crippen molar-refractivity contribution in [2.75, 3.05) is 4.90 Å². The first-order chi connectivity index (χ1) is 25.3. The molecular formula is C49H39N2O+. The van der Waals surface area contributed by atoms with Crippen LogP contribution in [0, 0.1) is 0 Å². The van der Waals surface area contributed by atoms with E-state index in [1.165, 1.54) is 87.4 Å². The molecule has 3 aliphatic rings. The molecule has 11 rings (SSSR count). The molecule has 3 heterocycles. The average molecular weight is 672 g/mol. The summed E-state index contributed by atoms with van der Waals surface area (Å²) in [7, 11) is 0. The van der Waals surface area contributed by atoms with Crippen molar-refractivity contribution in [1.29, 1.82) is 0 Å². The number of hydrogen-bond donors (Lipinski definition) is 0. The van der Waals surface area contributed by atoms with Gasteiger partial charge >= 0.3 is 0 Å². The Morgan fingerprint density at radius 2 is 1.12 bits per heavy atom. The fourth-order valence-corrected chi connectivity index (χ4v) is 9.77. The summed E-state index contributed by atoms with van der Waals surface area (Å²) in [6.07, 6.45) is 4.24. The first-order valence-electron chi connectivity index (χ1n) is 18.5. The summed E-state index contributed by atoms with van der Waals surface area (Å²) in [6.45, 7) is 9.49. The molecule has 0 amide bonds. The summed E-state index contributed by atoms with van der Waals surface area (Å²) in [4.78, 5) is 2.57. The Hall–Kier alpha value is -5.93. The van der Waals surface area contributed by atoms with Crippen molar-refractivity contribution in [2.45, 2.75) is 51.6 Å². The molecule has 0 saturated carbocycles. The van der Waals surface area contributed by atoms with E-state index in [1.807, 2.05) is 0 Å². The van der Waals surface area contributed by atoms with Crippen LogP contribution in [0.5, 0.6) is 11.5 Å². The van der Waals surface area contributed by atoms with Gasteiger partial charge in [-0.3, -0.25) is 0 Å². The van der Waals surface area contributed by atoms with E-state index >= 15 is 0 Å². The van der Waals surface area contributed by atoms with Crippen molar-refractivity contribution in [2.24, 2.45) is 0 Å². The van der Waals surface area contributed by atoms with Crippen LogP contribution in [0.25, 0.3) is 49.2 Å². The molecule has 3 heteroatoms. The third kappa shape index (κ3) is 4.05. The second-order valence-electron chi connectivity index (χ2n) is 16.2. The maximum Gasteiger partial charge on any atom is 0.221 e. The first-order valence-corrected chi connectivity index (χ1v) is 18.5. The molecule has 8 aromatic carbocycles. The van der Waals surface area contributed by atoms with Crippen LogP contribution < -0.4 is 24.8 Å². The van der Waals surface area contributed by atoms with Crippen LogP contribution in [0.2, 0.25) is 0 Å². The van der Waals surface area contributed by atoms with Gasteiger partial charge in [-0.1, -0.05) is 84.9 Å². The third-order valence-electron chi connectivity index (χ3n) is 11.9. The van der Waals surface area contributed by atoms with Crippen LogP contribution in [0.4, 0.5) is 17.1 Å². The van der Waals surface area contributed by atoms with Gasteiger partial charge in [0.2, 0.25) is 11.0 Å². The fraction of sp³-hybridized carbons (Fsp3) is 0.163. The predicted octanol–water partition coefficient (Wildman–Crippen LogP) is 10.9. The van der Waals surface area contributed by atoms with Crippen molar-refractivity contribution in [3.63, 3.8) is 0 Å². The number of ether oxygens (including phenoxy) is 1. The number of para-hydroxylation sites is 2. The summed E-state index contributed by atoms with van der Waals surface area (Å²) in [6, 6.07) is 49.0. The standard InChI is InChI=1S/C49H39N2O/c1-48(2)28-42-44(50(48)34-19-7-5-8-20-34)38-25-32-17-13-11-15-30(32)23-36(38)40-27-41-37-24-31-16-12-14-18-33(31)26-39(37)45-43(47(41)52-46(40)42)29-49(3,4)51(45)35-21-9-6-10-22-35/h5-27H,28-29H2,1-4H3/q+1. The number of rotatable bonds is 2. The van der Waals surface area contributed by atoms with Gasteiger partial charge < -0.3 is 9.64 Å². The van der Waals surface area contributed by atoms with Crippen molar-refractivity contribution in [3.05, 3.63) is 161 Å². The Bertz CT molecular complexity index is 2980. The first kappa shape index (κ1) is 29.8. The van der Waals surface area contributed by atoms with E-state index in [0.29, 0.717) is 0 Å². The van der Waals surface area contributed by atoms with Crippen LogP contribution in [0.3, 0.4) is 0 Å². The molecule has 0 saturated heterocycles. The number of fused-ring (bicyclic) bond motifs is 14. The highest BCUT2D eigenvalue weighted by Crippen LogP contribution is 2.55. The summed E-state index contributed by atoms with van der Waals surface area (Å²) in [5, 5.41) is 12.5. The van der Waals surface area contributed by atoms with Crippen molar-refractivity contribution < 1.29 is 4.74 Å². The van der Waals surface area contributed by atoms with E-state index in [9.17, 15) is 0 Å². The number of benzene rings is 8. The Balaban J connectivity index is 1.32. The molecule has 0 spiro atoms. The van der Waals surface area contributed by atoms with Crippen LogP contribution >= 0.6 is 0 Å². The maximum atomic E-state index is 7.57. The van der Waals surface area contributed by atoms with Gasteiger partial charge in [-0.2, -0.15) is 4.58 Å². The zero-order chi connectivity index (χ0) is 34.9. The summed E-state index contributed by atoms with van der Waals surface area (Å²) in [5.41, 5.74) is 7.14. The van der Waals surface area contributed by atoms with Crippen LogP contribution in [-0.4, -0.2) is 11.1 Å². The van der Waals surface area contributed by atoms with Crippen LogP contribution in [0.15, 0.2) is 133 Å². The largest absolute Gasteiger partial charge is 0.455 e. The van der Waals surface area contributed by atoms with Gasteiger partial charge in [-0.05, 0) is 88.6 Å². The molecule has 0 aromatic heterocycles. The zero-order valence-electron chi connectivity index (χ0n) is 30.0. The summed E-state index contributed by atoms with van der Waals surface area (Å²) >= 11 is 0. The molecule has 3 aliphatic heterocycles. The Morgan fingerprint density at radius 1 is 0.558 bits per heavy atom. The molecular weight excluding hydrogens is 633 g/mol. The van der Waals surface area contributed by atoms with Gasteiger partial charge in [0.25, 0.3) is 0 Å². The van der Waals surface area contributed by atoms with Gasteiger partial charge in [-0.25, -0.2) is 0 Å². The quantitative estimate of drug-likeness (QED) is 0.134. The molecule has 0 N–H and O–H groups in total. The van der Waals surface area contributed by atoms with Crippen LogP contribution in [-0.2, 0) is 12.8 Å². The minimum absolute atomic E-state index is 0.155. The maximum absolute atomic E-state index is 7.57. The lowest BCUT2D eigenvalue weighted by Crippen LogP contribution is -2.38. The van der Waals surface area contributed by atoms with E-state index in [-0.39, 0.29) is 11.1 Å². The topological polar surface area (TPSA) is 15.5 Å². The van der Waals surface area contributed by atoms with Crippen LogP contribution in [0.1, 0.15) is 44.4 Å². The van der Waals surface area contributed by atoms with Gasteiger partial charge in [0.1, 0.15) is 11.5 Å². The lowest BCUT2D eigenvalue weighted by atomic mass is 9.89. The molecule has 0 unspecified atom stereocenters. The molecule has 52 heavy (non-hydrogen) atoms. The van der Waals surface area contributed by atoms with E-state index < -0.39 is 0 Å². The molecule has 0 aliphatic carbocycles. The molecule has 0 atom stereocenters. The number of hydrogen-bond acceptors (Lipinski definition) is 2. The van der Waals surface area contributed by atoms with Crippen molar-refractivity contribution in [3.8, 4) is 11.5 Å². The molecule has 0 radical (unpaired) electrons. The normalized spacial score (nSPS) is 16.5. The molecule has 8 aromatic rings. The SMILES string of the molecule is CC1(C)Cc2c3c(c4cc5ccccc5cc4c2N1c1ccccc1)C=c1c(c2c(c4cc5ccccc5cc14)=[N+](c1ccccc1)C(C)(C)C2)O3. The second-order valence-corrected chi connectivity index (χ2v) is 16.2. The molecule has 250 valence electrons. The van der Waals surface area contributed by atoms with Crippen molar-refractivity contribution >= 4 is 66.2 Å². The predicted molar refractivity (Wildman–Crippen MR) is 217 cm³/mol. The van der Waals surface area contributed by atoms with Crippen molar-refractivity contribution in [1.82, 2.24) is 4.58 Å². The van der Waals surface area contributed by atoms with Gasteiger partial charge in [0, 0.05) is 71.8 Å². The third-order valence-corrected chi connectivity index (χ3v) is 11.9. The number of anilines is 2. The van der Waals surface area contributed by atoms with E-state index in [4.69, 9.17) is 4.74 Å². The Morgan fingerprint density at radius 3 is 1.77 bits per heavy atom. The van der Waals surface area contributed by atoms with Gasteiger partial charge in [0.05, 0.1) is 16.6 Å². The lowest BCUT2D eigenvalue weighted by Gasteiger charge is -2.35. The summed E-state index contributed by atoms with van der Waals surface area (Å²) in [5.74, 6) is 2.02. The Kier molecular flexibility index (Phi) is 5.91. The second kappa shape index (κ2) is 10.3. The highest BCUT2D eigenvalue weighted by Gasteiger charge is 2.45. The Labute approximate surface area is 303 Å². The monoisotopic (exact) mass is 671 g/mol. The van der Waals surface area contributed by atoms with Gasteiger partial charge in [-0.15, -0.1) is 0 Å². The van der Waals surface area contributed by atoms with E-state index in [0.717, 1.165) is 24.3 Å². The van der Waals surface area contributed by atoms with E-state index in [1.54, 1.807) is 0 Å². The van der Waals surface area contributed by atoms with Gasteiger partial charge in [0.15, 0.2) is 5.54 Å². The smallest absolute Gasteiger partial charge is 0.221 e. The zero-order valence-corrected chi connectivity index (χ0v) is 30.0. The number of nitrogens with zero attached hydrogens (tertiary/aromatic N) is 2. The molecule has 0 bridgehead atoms. The summed E-state index contributed by atoms with van der Waals surface area (Å²) < 4.78 is 10.1. The minimum Gasteiger partial charge on any atom is -0.455 e. The average Bonchev–Trinajstić information content (AvgIpc) is 3.62. The lowest BCUT2D eigenvalue weighted by molar-refractivity contribution is 0.411. The fourth-order valence-electron chi connectivity index (χ4n) is 9.77. The molecule has 3 nitrogen and oxygen atoms in total.